The molecule has 1 rings (SSSR count). The highest BCUT2D eigenvalue weighted by Gasteiger charge is 1.96. The van der Waals surface area contributed by atoms with E-state index in [0.29, 0.717) is 12.0 Å². The number of rotatable bonds is 4. The van der Waals surface area contributed by atoms with Crippen molar-refractivity contribution in [2.24, 2.45) is 5.73 Å². The standard InChI is InChI=1S/C6H10O3.C5H9NO.C4H10OSi/c1-5(6(8)9)3-2-4-7;1-3-4(2)5(6)7;1-2-4-6-5-3-1/h3,7H,2,4H2,1H3,(H,8,9);3H,1-2H3,(H2,6,7);1-4,6H2/b5-3+;4-3+;. The molecule has 1 fully saturated rings. The fourth-order valence-electron chi connectivity index (χ4n) is 1.20. The lowest BCUT2D eigenvalue weighted by molar-refractivity contribution is -0.132. The Bertz CT molecular complexity index is 365. The first-order valence-corrected chi connectivity index (χ1v) is 8.95. The number of hydrogen-bond donors (Lipinski definition) is 3. The predicted molar refractivity (Wildman–Crippen MR) is 90.3 cm³/mol. The number of aliphatic hydroxyl groups is 1. The fraction of sp³-hybridized carbons (Fsp3) is 0.600. The molecule has 0 atom stereocenters. The van der Waals surface area contributed by atoms with E-state index in [1.54, 1.807) is 19.9 Å². The van der Waals surface area contributed by atoms with Gasteiger partial charge in [0, 0.05) is 24.4 Å². The molecule has 6 nitrogen and oxygen atoms in total. The minimum atomic E-state index is -0.927. The molecule has 0 aromatic rings. The molecule has 0 radical (unpaired) electrons. The Morgan fingerprint density at radius 2 is 1.91 bits per heavy atom. The second-order valence-electron chi connectivity index (χ2n) is 4.71. The van der Waals surface area contributed by atoms with Crippen LogP contribution in [0.5, 0.6) is 0 Å². The van der Waals surface area contributed by atoms with E-state index in [4.69, 9.17) is 20.4 Å². The van der Waals surface area contributed by atoms with Crippen LogP contribution in [-0.2, 0) is 14.0 Å². The van der Waals surface area contributed by atoms with Crippen molar-refractivity contribution in [3.63, 3.8) is 0 Å². The highest BCUT2D eigenvalue weighted by Crippen LogP contribution is 2.01. The summed E-state index contributed by atoms with van der Waals surface area (Å²) in [5.41, 5.74) is 5.73. The highest BCUT2D eigenvalue weighted by atomic mass is 28.2. The van der Waals surface area contributed by atoms with E-state index in [0.717, 1.165) is 6.61 Å². The second-order valence-corrected chi connectivity index (χ2v) is 6.24. The molecule has 0 aromatic heterocycles. The zero-order chi connectivity index (χ0) is 17.4. The zero-order valence-electron chi connectivity index (χ0n) is 13.8. The third-order valence-electron chi connectivity index (χ3n) is 2.82. The van der Waals surface area contributed by atoms with Crippen molar-refractivity contribution in [3.05, 3.63) is 23.3 Å². The molecule has 7 heteroatoms. The maximum Gasteiger partial charge on any atom is 0.330 e. The van der Waals surface area contributed by atoms with Gasteiger partial charge in [-0.25, -0.2) is 4.79 Å². The Balaban J connectivity index is 0. The number of amides is 1. The van der Waals surface area contributed by atoms with Crippen molar-refractivity contribution in [1.29, 1.82) is 0 Å². The van der Waals surface area contributed by atoms with E-state index in [1.165, 1.54) is 31.9 Å². The van der Waals surface area contributed by atoms with Gasteiger partial charge in [-0.05, 0) is 39.7 Å². The van der Waals surface area contributed by atoms with Gasteiger partial charge in [-0.15, -0.1) is 0 Å². The monoisotopic (exact) mass is 331 g/mol. The van der Waals surface area contributed by atoms with Gasteiger partial charge < -0.3 is 20.4 Å². The van der Waals surface area contributed by atoms with Crippen molar-refractivity contribution in [3.8, 4) is 0 Å². The summed E-state index contributed by atoms with van der Waals surface area (Å²) < 4.78 is 5.21. The first-order chi connectivity index (χ1) is 10.4. The molecule has 4 N–H and O–H groups in total. The number of hydrogen-bond acceptors (Lipinski definition) is 4. The fourth-order valence-corrected chi connectivity index (χ4v) is 2.37. The molecule has 22 heavy (non-hydrogen) atoms. The molecule has 0 aliphatic carbocycles. The maximum atomic E-state index is 10.1. The van der Waals surface area contributed by atoms with Gasteiger partial charge in [0.05, 0.1) is 0 Å². The number of carbonyl (C=O) groups is 2. The van der Waals surface area contributed by atoms with Crippen molar-refractivity contribution >= 4 is 21.6 Å². The Kier molecular flexibility index (Phi) is 16.5. The molecule has 1 aliphatic heterocycles. The quantitative estimate of drug-likeness (QED) is 0.528. The lowest BCUT2D eigenvalue weighted by Gasteiger charge is -2.07. The lowest BCUT2D eigenvalue weighted by Crippen LogP contribution is -2.10. The Morgan fingerprint density at radius 1 is 1.27 bits per heavy atom. The molecule has 0 aromatic carbocycles. The summed E-state index contributed by atoms with van der Waals surface area (Å²) in [5, 5.41) is 16.5. The molecule has 1 aliphatic rings. The van der Waals surface area contributed by atoms with Gasteiger partial charge in [-0.3, -0.25) is 4.79 Å². The van der Waals surface area contributed by atoms with Gasteiger partial charge in [-0.2, -0.15) is 0 Å². The average Bonchev–Trinajstić information content (AvgIpc) is 2.54. The first-order valence-electron chi connectivity index (χ1n) is 7.38. The smallest absolute Gasteiger partial charge is 0.330 e. The summed E-state index contributed by atoms with van der Waals surface area (Å²) in [6.45, 7) is 6.03. The Hall–Kier alpha value is -1.44. The third-order valence-corrected chi connectivity index (χ3v) is 4.18. The van der Waals surface area contributed by atoms with Crippen molar-refractivity contribution in [2.75, 3.05) is 13.2 Å². The summed E-state index contributed by atoms with van der Waals surface area (Å²) in [5.74, 6) is -1.27. The Morgan fingerprint density at radius 3 is 2.09 bits per heavy atom. The van der Waals surface area contributed by atoms with Crippen LogP contribution in [0.3, 0.4) is 0 Å². The number of allylic oxidation sites excluding steroid dienone is 1. The van der Waals surface area contributed by atoms with Crippen LogP contribution in [0.2, 0.25) is 6.04 Å². The van der Waals surface area contributed by atoms with Crippen LogP contribution in [0.4, 0.5) is 0 Å². The summed E-state index contributed by atoms with van der Waals surface area (Å²) in [7, 11) is 0.00849. The van der Waals surface area contributed by atoms with Crippen LogP contribution in [0.15, 0.2) is 23.3 Å². The molecule has 0 unspecified atom stereocenters. The van der Waals surface area contributed by atoms with Gasteiger partial charge in [0.2, 0.25) is 5.91 Å². The molecular weight excluding hydrogens is 302 g/mol. The van der Waals surface area contributed by atoms with Gasteiger partial charge >= 0.3 is 5.97 Å². The van der Waals surface area contributed by atoms with Gasteiger partial charge in [0.15, 0.2) is 9.76 Å². The van der Waals surface area contributed by atoms with E-state index in [1.807, 2.05) is 0 Å². The van der Waals surface area contributed by atoms with Gasteiger partial charge in [-0.1, -0.05) is 18.6 Å². The molecule has 0 spiro atoms. The van der Waals surface area contributed by atoms with E-state index in [-0.39, 0.29) is 27.9 Å². The minimum Gasteiger partial charge on any atom is -0.478 e. The normalized spacial score (nSPS) is 16.0. The molecular formula is C15H29NO5Si. The topological polar surface area (TPSA) is 110 Å². The molecule has 1 saturated heterocycles. The van der Waals surface area contributed by atoms with Crippen LogP contribution in [0.1, 0.15) is 40.0 Å². The van der Waals surface area contributed by atoms with Crippen LogP contribution < -0.4 is 5.73 Å². The van der Waals surface area contributed by atoms with Crippen LogP contribution in [0.25, 0.3) is 0 Å². The lowest BCUT2D eigenvalue weighted by atomic mass is 10.2. The summed E-state index contributed by atoms with van der Waals surface area (Å²) in [6.07, 6.45) is 6.34. The van der Waals surface area contributed by atoms with Crippen molar-refractivity contribution in [1.82, 2.24) is 0 Å². The van der Waals surface area contributed by atoms with Crippen molar-refractivity contribution < 1.29 is 24.2 Å². The number of primary amides is 1. The number of carbonyl (C=O) groups excluding carboxylic acids is 1. The molecule has 128 valence electrons. The average molecular weight is 331 g/mol. The van der Waals surface area contributed by atoms with Crippen LogP contribution in [0, 0.1) is 0 Å². The number of nitrogens with two attached hydrogens (primary N) is 1. The Labute approximate surface area is 135 Å². The molecule has 1 amide bonds. The van der Waals surface area contributed by atoms with E-state index in [2.05, 4.69) is 0 Å². The van der Waals surface area contributed by atoms with Crippen LogP contribution >= 0.6 is 0 Å². The number of aliphatic hydroxyl groups excluding tert-OH is 1. The number of carboxylic acids is 1. The molecule has 0 bridgehead atoms. The molecule has 1 heterocycles. The van der Waals surface area contributed by atoms with Gasteiger partial charge in [0.1, 0.15) is 0 Å². The van der Waals surface area contributed by atoms with Crippen molar-refractivity contribution in [2.45, 2.75) is 46.1 Å². The summed E-state index contributed by atoms with van der Waals surface area (Å²) in [6, 6.07) is 1.42. The first kappa shape index (κ1) is 22.8. The van der Waals surface area contributed by atoms with E-state index in [9.17, 15) is 9.59 Å². The van der Waals surface area contributed by atoms with E-state index >= 15 is 0 Å². The summed E-state index contributed by atoms with van der Waals surface area (Å²) >= 11 is 0. The van der Waals surface area contributed by atoms with E-state index < -0.39 is 5.97 Å². The predicted octanol–water partition coefficient (Wildman–Crippen LogP) is 1.14. The maximum absolute atomic E-state index is 10.1. The SMILES string of the molecule is C/C(=C\CCO)C(=O)O.C/C=C(\C)C(N)=O.C1CC[SiH2]OC1. The highest BCUT2D eigenvalue weighted by molar-refractivity contribution is 6.27. The third kappa shape index (κ3) is 16.6. The molecule has 0 saturated carbocycles. The van der Waals surface area contributed by atoms with Gasteiger partial charge in [0.25, 0.3) is 0 Å². The number of aliphatic carboxylic acids is 1. The zero-order valence-corrected chi connectivity index (χ0v) is 15.2. The number of carboxylic acid groups (broad SMARTS) is 1. The minimum absolute atomic E-state index is 0.00458. The summed E-state index contributed by atoms with van der Waals surface area (Å²) in [4.78, 5) is 20.1. The largest absolute Gasteiger partial charge is 0.478 e. The second kappa shape index (κ2) is 15.9. The van der Waals surface area contributed by atoms with Crippen LogP contribution in [-0.4, -0.2) is 45.1 Å².